The van der Waals surface area contributed by atoms with E-state index in [0.717, 1.165) is 11.3 Å². The highest BCUT2D eigenvalue weighted by molar-refractivity contribution is 6.31. The summed E-state index contributed by atoms with van der Waals surface area (Å²) in [6.45, 7) is 0. The van der Waals surface area contributed by atoms with Crippen LogP contribution in [0.5, 0.6) is 0 Å². The average Bonchev–Trinajstić information content (AvgIpc) is 2.40. The first-order valence-electron chi connectivity index (χ1n) is 5.83. The summed E-state index contributed by atoms with van der Waals surface area (Å²) in [5.41, 5.74) is 2.73. The van der Waals surface area contributed by atoms with Crippen molar-refractivity contribution in [3.8, 4) is 0 Å². The predicted octanol–water partition coefficient (Wildman–Crippen LogP) is 4.30. The van der Waals surface area contributed by atoms with Crippen molar-refractivity contribution >= 4 is 29.2 Å². The number of hydrogen-bond donors (Lipinski definition) is 0. The highest BCUT2D eigenvalue weighted by Crippen LogP contribution is 2.21. The second kappa shape index (κ2) is 5.85. The maximum Gasteiger partial charge on any atom is 0.141 e. The molecule has 0 aromatic heterocycles. The van der Waals surface area contributed by atoms with Gasteiger partial charge in [-0.3, -0.25) is 4.99 Å². The van der Waals surface area contributed by atoms with Crippen LogP contribution in [0.1, 0.15) is 5.56 Å². The van der Waals surface area contributed by atoms with Gasteiger partial charge in [0.25, 0.3) is 0 Å². The number of benzene rings is 2. The molecule has 0 spiro atoms. The van der Waals surface area contributed by atoms with E-state index in [1.807, 2.05) is 43.3 Å². The Kier molecular flexibility index (Phi) is 4.17. The van der Waals surface area contributed by atoms with Gasteiger partial charge >= 0.3 is 0 Å². The van der Waals surface area contributed by atoms with Crippen LogP contribution in [-0.2, 0) is 0 Å². The van der Waals surface area contributed by atoms with Crippen LogP contribution in [0.15, 0.2) is 47.5 Å². The number of halogens is 2. The topological polar surface area (TPSA) is 15.6 Å². The fourth-order valence-corrected chi connectivity index (χ4v) is 1.75. The Bertz CT molecular complexity index is 592. The molecule has 0 aliphatic carbocycles. The van der Waals surface area contributed by atoms with E-state index >= 15 is 0 Å². The summed E-state index contributed by atoms with van der Waals surface area (Å²) in [6.07, 6.45) is 1.73. The van der Waals surface area contributed by atoms with Crippen LogP contribution >= 0.6 is 11.6 Å². The Morgan fingerprint density at radius 2 is 1.79 bits per heavy atom. The van der Waals surface area contributed by atoms with Gasteiger partial charge in [-0.15, -0.1) is 0 Å². The number of anilines is 1. The molecule has 4 heteroatoms. The van der Waals surface area contributed by atoms with E-state index in [0.29, 0.717) is 5.69 Å². The van der Waals surface area contributed by atoms with Crippen LogP contribution < -0.4 is 4.90 Å². The van der Waals surface area contributed by atoms with E-state index in [1.54, 1.807) is 12.3 Å². The minimum atomic E-state index is -0.434. The molecule has 2 rings (SSSR count). The summed E-state index contributed by atoms with van der Waals surface area (Å²) >= 11 is 5.70. The largest absolute Gasteiger partial charge is 0.378 e. The Balaban J connectivity index is 2.15. The van der Waals surface area contributed by atoms with Gasteiger partial charge < -0.3 is 4.90 Å². The second-order valence-corrected chi connectivity index (χ2v) is 4.75. The molecule has 2 nitrogen and oxygen atoms in total. The minimum Gasteiger partial charge on any atom is -0.378 e. The van der Waals surface area contributed by atoms with Gasteiger partial charge in [-0.2, -0.15) is 0 Å². The fourth-order valence-electron chi connectivity index (χ4n) is 1.57. The molecular formula is C15H14ClFN2. The Hall–Kier alpha value is -1.87. The molecule has 2 aromatic carbocycles. The summed E-state index contributed by atoms with van der Waals surface area (Å²) in [6, 6.07) is 12.4. The first-order valence-corrected chi connectivity index (χ1v) is 6.20. The second-order valence-electron chi connectivity index (χ2n) is 4.34. The van der Waals surface area contributed by atoms with Gasteiger partial charge in [-0.1, -0.05) is 23.7 Å². The van der Waals surface area contributed by atoms with E-state index in [9.17, 15) is 4.39 Å². The third-order valence-corrected chi connectivity index (χ3v) is 2.97. The quantitative estimate of drug-likeness (QED) is 0.764. The standard InChI is InChI=1S/C15H14ClFN2/c1-19(2)13-6-3-11(4-7-13)10-18-12-5-8-15(17)14(16)9-12/h3-10H,1-2H3. The van der Waals surface area contributed by atoms with Crippen LogP contribution in [0.2, 0.25) is 5.02 Å². The van der Waals surface area contributed by atoms with Crippen LogP contribution in [0, 0.1) is 5.82 Å². The van der Waals surface area contributed by atoms with Crippen LogP contribution in [0.4, 0.5) is 15.8 Å². The zero-order chi connectivity index (χ0) is 13.8. The molecule has 0 aliphatic rings. The van der Waals surface area contributed by atoms with E-state index in [2.05, 4.69) is 4.99 Å². The molecular weight excluding hydrogens is 263 g/mol. The van der Waals surface area contributed by atoms with Gasteiger partial charge in [0.05, 0.1) is 10.7 Å². The zero-order valence-corrected chi connectivity index (χ0v) is 11.5. The van der Waals surface area contributed by atoms with Gasteiger partial charge in [-0.05, 0) is 35.9 Å². The van der Waals surface area contributed by atoms with E-state index in [-0.39, 0.29) is 5.02 Å². The number of nitrogens with zero attached hydrogens (tertiary/aromatic N) is 2. The third kappa shape index (κ3) is 3.55. The predicted molar refractivity (Wildman–Crippen MR) is 79.4 cm³/mol. The molecule has 0 fully saturated rings. The molecule has 0 unspecified atom stereocenters. The van der Waals surface area contributed by atoms with Crippen molar-refractivity contribution in [2.45, 2.75) is 0 Å². The summed E-state index contributed by atoms with van der Waals surface area (Å²) in [5.74, 6) is -0.434. The first-order chi connectivity index (χ1) is 9.06. The Labute approximate surface area is 117 Å². The molecule has 0 heterocycles. The van der Waals surface area contributed by atoms with Crippen molar-refractivity contribution in [2.75, 3.05) is 19.0 Å². The molecule has 0 atom stereocenters. The maximum absolute atomic E-state index is 13.0. The monoisotopic (exact) mass is 276 g/mol. The molecule has 98 valence electrons. The smallest absolute Gasteiger partial charge is 0.141 e. The minimum absolute atomic E-state index is 0.0811. The highest BCUT2D eigenvalue weighted by Gasteiger charge is 1.99. The highest BCUT2D eigenvalue weighted by atomic mass is 35.5. The van der Waals surface area contributed by atoms with Crippen molar-refractivity contribution in [3.05, 3.63) is 58.9 Å². The molecule has 0 aliphatic heterocycles. The SMILES string of the molecule is CN(C)c1ccc(C=Nc2ccc(F)c(Cl)c2)cc1. The van der Waals surface area contributed by atoms with Crippen molar-refractivity contribution in [1.29, 1.82) is 0 Å². The molecule has 0 saturated heterocycles. The van der Waals surface area contributed by atoms with Gasteiger partial charge in [0.2, 0.25) is 0 Å². The maximum atomic E-state index is 13.0. The summed E-state index contributed by atoms with van der Waals surface area (Å²) < 4.78 is 13.0. The molecule has 19 heavy (non-hydrogen) atoms. The lowest BCUT2D eigenvalue weighted by Gasteiger charge is -2.11. The number of hydrogen-bond acceptors (Lipinski definition) is 2. The van der Waals surface area contributed by atoms with Crippen LogP contribution in [0.3, 0.4) is 0 Å². The molecule has 0 saturated carbocycles. The normalized spacial score (nSPS) is 10.9. The van der Waals surface area contributed by atoms with Gasteiger partial charge in [0.15, 0.2) is 0 Å². The molecule has 0 N–H and O–H groups in total. The molecule has 0 amide bonds. The summed E-state index contributed by atoms with van der Waals surface area (Å²) in [7, 11) is 3.98. The lowest BCUT2D eigenvalue weighted by Crippen LogP contribution is -2.08. The Morgan fingerprint density at radius 3 is 2.37 bits per heavy atom. The van der Waals surface area contributed by atoms with E-state index < -0.39 is 5.82 Å². The molecule has 0 radical (unpaired) electrons. The summed E-state index contributed by atoms with van der Waals surface area (Å²) in [5, 5.41) is 0.0811. The fraction of sp³-hybridized carbons (Fsp3) is 0.133. The average molecular weight is 277 g/mol. The molecule has 0 bridgehead atoms. The van der Waals surface area contributed by atoms with Crippen molar-refractivity contribution in [3.63, 3.8) is 0 Å². The van der Waals surface area contributed by atoms with E-state index in [4.69, 9.17) is 11.6 Å². The lowest BCUT2D eigenvalue weighted by atomic mass is 10.2. The van der Waals surface area contributed by atoms with Crippen LogP contribution in [0.25, 0.3) is 0 Å². The first kappa shape index (κ1) is 13.6. The van der Waals surface area contributed by atoms with Crippen molar-refractivity contribution in [1.82, 2.24) is 0 Å². The number of rotatable bonds is 3. The zero-order valence-electron chi connectivity index (χ0n) is 10.8. The van der Waals surface area contributed by atoms with Crippen molar-refractivity contribution < 1.29 is 4.39 Å². The van der Waals surface area contributed by atoms with Crippen molar-refractivity contribution in [2.24, 2.45) is 4.99 Å². The van der Waals surface area contributed by atoms with Gasteiger partial charge in [0.1, 0.15) is 5.82 Å². The third-order valence-electron chi connectivity index (χ3n) is 2.68. The number of aliphatic imine (C=N–C) groups is 1. The Morgan fingerprint density at radius 1 is 1.11 bits per heavy atom. The van der Waals surface area contributed by atoms with Crippen LogP contribution in [-0.4, -0.2) is 20.3 Å². The lowest BCUT2D eigenvalue weighted by molar-refractivity contribution is 0.628. The molecule has 2 aromatic rings. The van der Waals surface area contributed by atoms with Gasteiger partial charge in [-0.25, -0.2) is 4.39 Å². The van der Waals surface area contributed by atoms with E-state index in [1.165, 1.54) is 12.1 Å². The summed E-state index contributed by atoms with van der Waals surface area (Å²) in [4.78, 5) is 6.29. The van der Waals surface area contributed by atoms with Gasteiger partial charge in [0, 0.05) is 26.0 Å².